The highest BCUT2D eigenvalue weighted by Gasteiger charge is 2.43. The van der Waals surface area contributed by atoms with Crippen LogP contribution < -0.4 is 5.32 Å². The largest absolute Gasteiger partial charge is 0.308 e. The molecule has 0 bridgehead atoms. The van der Waals surface area contributed by atoms with Crippen molar-refractivity contribution in [2.24, 2.45) is 5.41 Å². The first-order valence-electron chi connectivity index (χ1n) is 5.80. The molecule has 2 heteroatoms. The highest BCUT2D eigenvalue weighted by molar-refractivity contribution is 6.29. The predicted molar refractivity (Wildman–Crippen MR) is 61.5 cm³/mol. The van der Waals surface area contributed by atoms with Crippen molar-refractivity contribution in [1.29, 1.82) is 0 Å². The molecule has 0 aromatic rings. The summed E-state index contributed by atoms with van der Waals surface area (Å²) in [5, 5.41) is 4.32. The van der Waals surface area contributed by atoms with Gasteiger partial charge in [0.25, 0.3) is 0 Å². The van der Waals surface area contributed by atoms with Gasteiger partial charge >= 0.3 is 0 Å². The average molecular weight is 214 g/mol. The Balaban J connectivity index is 1.93. The smallest absolute Gasteiger partial charge is 0.0310 e. The maximum Gasteiger partial charge on any atom is 0.0310 e. The van der Waals surface area contributed by atoms with Crippen molar-refractivity contribution >= 4 is 11.6 Å². The third-order valence-corrected chi connectivity index (χ3v) is 4.18. The number of hydrogen-bond donors (Lipinski definition) is 1. The molecule has 1 nitrogen and oxygen atoms in total. The van der Waals surface area contributed by atoms with E-state index in [1.165, 1.54) is 44.9 Å². The van der Waals surface area contributed by atoms with Crippen molar-refractivity contribution in [1.82, 2.24) is 5.32 Å². The Morgan fingerprint density at radius 2 is 1.93 bits per heavy atom. The highest BCUT2D eigenvalue weighted by atomic mass is 35.5. The molecule has 1 atom stereocenters. The predicted octanol–water partition coefficient (Wildman–Crippen LogP) is 3.44. The summed E-state index contributed by atoms with van der Waals surface area (Å²) in [4.78, 5) is 0. The van der Waals surface area contributed by atoms with E-state index in [0.717, 1.165) is 11.6 Å². The topological polar surface area (TPSA) is 12.0 Å². The van der Waals surface area contributed by atoms with Crippen LogP contribution in [-0.4, -0.2) is 12.6 Å². The monoisotopic (exact) mass is 213 g/mol. The van der Waals surface area contributed by atoms with Crippen LogP contribution in [0.25, 0.3) is 0 Å². The second kappa shape index (κ2) is 4.24. The van der Waals surface area contributed by atoms with Crippen LogP contribution in [0.15, 0.2) is 11.6 Å². The molecule has 2 fully saturated rings. The fraction of sp³-hybridized carbons (Fsp3) is 0.833. The van der Waals surface area contributed by atoms with Gasteiger partial charge in [-0.3, -0.25) is 0 Å². The van der Waals surface area contributed by atoms with Gasteiger partial charge < -0.3 is 5.32 Å². The third kappa shape index (κ3) is 1.99. The van der Waals surface area contributed by atoms with E-state index in [-0.39, 0.29) is 0 Å². The van der Waals surface area contributed by atoms with E-state index in [1.54, 1.807) is 0 Å². The molecule has 0 aliphatic heterocycles. The summed E-state index contributed by atoms with van der Waals surface area (Å²) in [6.45, 7) is 4.52. The van der Waals surface area contributed by atoms with E-state index in [1.807, 2.05) is 0 Å². The summed E-state index contributed by atoms with van der Waals surface area (Å²) in [7, 11) is 0. The third-order valence-electron chi connectivity index (χ3n) is 4.05. The molecule has 2 rings (SSSR count). The molecule has 0 amide bonds. The minimum Gasteiger partial charge on any atom is -0.308 e. The maximum absolute atomic E-state index is 5.79. The van der Waals surface area contributed by atoms with Crippen molar-refractivity contribution in [3.8, 4) is 0 Å². The molecule has 0 radical (unpaired) electrons. The summed E-state index contributed by atoms with van der Waals surface area (Å²) >= 11 is 5.79. The number of nitrogens with one attached hydrogen (secondary N) is 1. The standard InChI is InChI=1S/C12H20ClN/c1-10(13)9-14-11-5-4-8-12(11)6-2-3-7-12/h11,14H,1-9H2. The molecule has 0 heterocycles. The Bertz CT molecular complexity index is 213. The van der Waals surface area contributed by atoms with Crippen LogP contribution in [0, 0.1) is 5.41 Å². The normalized spacial score (nSPS) is 29.9. The van der Waals surface area contributed by atoms with Crippen LogP contribution in [-0.2, 0) is 0 Å². The quantitative estimate of drug-likeness (QED) is 0.758. The number of hydrogen-bond acceptors (Lipinski definition) is 1. The van der Waals surface area contributed by atoms with E-state index < -0.39 is 0 Å². The molecule has 1 unspecified atom stereocenters. The van der Waals surface area contributed by atoms with Gasteiger partial charge in [0.05, 0.1) is 0 Å². The zero-order valence-electron chi connectivity index (χ0n) is 8.82. The molecule has 0 aromatic heterocycles. The van der Waals surface area contributed by atoms with E-state index in [9.17, 15) is 0 Å². The van der Waals surface area contributed by atoms with Crippen LogP contribution in [0.3, 0.4) is 0 Å². The van der Waals surface area contributed by atoms with Crippen LogP contribution >= 0.6 is 11.6 Å². The van der Waals surface area contributed by atoms with Crippen LogP contribution in [0.4, 0.5) is 0 Å². The number of rotatable bonds is 3. The molecular weight excluding hydrogens is 194 g/mol. The molecule has 0 saturated heterocycles. The summed E-state index contributed by atoms with van der Waals surface area (Å²) in [6.07, 6.45) is 9.88. The zero-order chi connectivity index (χ0) is 10.0. The lowest BCUT2D eigenvalue weighted by Crippen LogP contribution is -2.40. The Labute approximate surface area is 91.9 Å². The van der Waals surface area contributed by atoms with Crippen LogP contribution in [0.2, 0.25) is 0 Å². The maximum atomic E-state index is 5.79. The van der Waals surface area contributed by atoms with E-state index in [4.69, 9.17) is 11.6 Å². The van der Waals surface area contributed by atoms with Gasteiger partial charge in [-0.25, -0.2) is 0 Å². The lowest BCUT2D eigenvalue weighted by Gasteiger charge is -2.31. The van der Waals surface area contributed by atoms with Gasteiger partial charge in [0.15, 0.2) is 0 Å². The molecule has 1 spiro atoms. The zero-order valence-corrected chi connectivity index (χ0v) is 9.58. The van der Waals surface area contributed by atoms with Gasteiger partial charge in [0.1, 0.15) is 0 Å². The fourth-order valence-corrected chi connectivity index (χ4v) is 3.45. The molecule has 80 valence electrons. The molecule has 2 aliphatic carbocycles. The SMILES string of the molecule is C=C(Cl)CNC1CCCC12CCCC2. The molecule has 2 aliphatic rings. The minimum absolute atomic E-state index is 0.631. The van der Waals surface area contributed by atoms with Gasteiger partial charge in [-0.05, 0) is 31.1 Å². The van der Waals surface area contributed by atoms with Crippen molar-refractivity contribution in [2.45, 2.75) is 51.0 Å². The van der Waals surface area contributed by atoms with Crippen molar-refractivity contribution in [3.05, 3.63) is 11.6 Å². The van der Waals surface area contributed by atoms with Gasteiger partial charge in [0, 0.05) is 17.6 Å². The first-order valence-corrected chi connectivity index (χ1v) is 6.17. The summed E-state index contributed by atoms with van der Waals surface area (Å²) in [5.74, 6) is 0. The van der Waals surface area contributed by atoms with Gasteiger partial charge in [0.2, 0.25) is 0 Å². The van der Waals surface area contributed by atoms with E-state index in [2.05, 4.69) is 11.9 Å². The van der Waals surface area contributed by atoms with Gasteiger partial charge in [-0.1, -0.05) is 37.4 Å². The Kier molecular flexibility index (Phi) is 3.18. The molecule has 1 N–H and O–H groups in total. The fourth-order valence-electron chi connectivity index (χ4n) is 3.37. The molecule has 14 heavy (non-hydrogen) atoms. The van der Waals surface area contributed by atoms with E-state index >= 15 is 0 Å². The minimum atomic E-state index is 0.631. The van der Waals surface area contributed by atoms with Crippen LogP contribution in [0.1, 0.15) is 44.9 Å². The molecular formula is C12H20ClN. The van der Waals surface area contributed by atoms with Crippen LogP contribution in [0.5, 0.6) is 0 Å². The first kappa shape index (κ1) is 10.5. The second-order valence-corrected chi connectivity index (χ2v) is 5.45. The van der Waals surface area contributed by atoms with Gasteiger partial charge in [-0.15, -0.1) is 0 Å². The van der Waals surface area contributed by atoms with E-state index in [0.29, 0.717) is 11.5 Å². The second-order valence-electron chi connectivity index (χ2n) is 4.91. The average Bonchev–Trinajstić information content (AvgIpc) is 2.74. The summed E-state index contributed by atoms with van der Waals surface area (Å²) in [6, 6.07) is 0.709. The van der Waals surface area contributed by atoms with Gasteiger partial charge in [-0.2, -0.15) is 0 Å². The Morgan fingerprint density at radius 1 is 1.29 bits per heavy atom. The Hall–Kier alpha value is -0.0100. The Morgan fingerprint density at radius 3 is 2.57 bits per heavy atom. The lowest BCUT2D eigenvalue weighted by atomic mass is 9.81. The lowest BCUT2D eigenvalue weighted by molar-refractivity contribution is 0.237. The highest BCUT2D eigenvalue weighted by Crippen LogP contribution is 2.50. The summed E-state index contributed by atoms with van der Waals surface area (Å²) in [5.41, 5.74) is 0.631. The molecule has 2 saturated carbocycles. The summed E-state index contributed by atoms with van der Waals surface area (Å²) < 4.78 is 0. The number of halogens is 1. The van der Waals surface area contributed by atoms with Crippen molar-refractivity contribution in [2.75, 3.05) is 6.54 Å². The van der Waals surface area contributed by atoms with Crippen molar-refractivity contribution in [3.63, 3.8) is 0 Å². The molecule has 0 aromatic carbocycles. The first-order chi connectivity index (χ1) is 6.73. The van der Waals surface area contributed by atoms with Crippen molar-refractivity contribution < 1.29 is 0 Å².